The van der Waals surface area contributed by atoms with Crippen LogP contribution >= 0.6 is 0 Å². The Bertz CT molecular complexity index is 1670. The molecule has 0 atom stereocenters. The van der Waals surface area contributed by atoms with Gasteiger partial charge in [-0.25, -0.2) is 13.8 Å². The van der Waals surface area contributed by atoms with Crippen LogP contribution < -0.4 is 9.64 Å². The first-order valence-electron chi connectivity index (χ1n) is 12.1. The number of aromatic amines is 2. The molecule has 3 aromatic carbocycles. The summed E-state index contributed by atoms with van der Waals surface area (Å²) < 4.78 is 35.3. The van der Waals surface area contributed by atoms with Crippen molar-refractivity contribution in [3.63, 3.8) is 0 Å². The third-order valence-electron chi connectivity index (χ3n) is 6.82. The van der Waals surface area contributed by atoms with Gasteiger partial charge in [0.1, 0.15) is 17.4 Å². The number of nitrogens with zero attached hydrogens (tertiary/aromatic N) is 3. The van der Waals surface area contributed by atoms with Crippen molar-refractivity contribution < 1.29 is 23.4 Å². The van der Waals surface area contributed by atoms with Gasteiger partial charge in [0.15, 0.2) is 17.4 Å². The van der Waals surface area contributed by atoms with E-state index in [2.05, 4.69) is 20.2 Å². The first-order chi connectivity index (χ1) is 18.4. The van der Waals surface area contributed by atoms with Gasteiger partial charge in [0.05, 0.1) is 11.5 Å². The number of fused-ring (bicyclic) bond motifs is 1. The van der Waals surface area contributed by atoms with Gasteiger partial charge in [0, 0.05) is 53.9 Å². The molecule has 1 aliphatic heterocycles. The van der Waals surface area contributed by atoms with Crippen molar-refractivity contribution in [2.75, 3.05) is 18.0 Å². The second-order valence-electron chi connectivity index (χ2n) is 9.39. The lowest BCUT2D eigenvalue weighted by Gasteiger charge is -2.38. The molecular weight excluding hydrogens is 492 g/mol. The van der Waals surface area contributed by atoms with Crippen molar-refractivity contribution in [2.45, 2.75) is 13.3 Å². The number of carboxylic acids is 1. The highest BCUT2D eigenvalue weighted by atomic mass is 19.1. The fraction of sp³-hybridized carbons (Fsp3) is 0.179. The zero-order valence-corrected chi connectivity index (χ0v) is 20.3. The summed E-state index contributed by atoms with van der Waals surface area (Å²) in [7, 11) is 0. The van der Waals surface area contributed by atoms with Crippen LogP contribution in [-0.4, -0.2) is 44.3 Å². The smallest absolute Gasteiger partial charge is 0.310 e. The van der Waals surface area contributed by atoms with Crippen LogP contribution in [0.3, 0.4) is 0 Å². The Kier molecular flexibility index (Phi) is 5.79. The molecule has 0 aliphatic carbocycles. The lowest BCUT2D eigenvalue weighted by Crippen LogP contribution is -2.50. The summed E-state index contributed by atoms with van der Waals surface area (Å²) in [6.07, 6.45) is 2.16. The van der Waals surface area contributed by atoms with Crippen LogP contribution in [-0.2, 0) is 11.2 Å². The molecule has 5 aromatic rings. The number of carboxylic acid groups (broad SMARTS) is 1. The zero-order valence-electron chi connectivity index (χ0n) is 20.3. The third-order valence-corrected chi connectivity index (χ3v) is 6.82. The number of ether oxygens (including phenoxy) is 1. The molecule has 3 heterocycles. The molecule has 6 rings (SSSR count). The number of nitrogens with one attached hydrogen (secondary N) is 2. The van der Waals surface area contributed by atoms with Crippen molar-refractivity contribution in [1.82, 2.24) is 20.2 Å². The van der Waals surface area contributed by atoms with Gasteiger partial charge in [0.2, 0.25) is 0 Å². The molecule has 0 bridgehead atoms. The molecular formula is C28H23F2N5O3. The maximum Gasteiger partial charge on any atom is 0.310 e. The minimum atomic E-state index is -0.782. The summed E-state index contributed by atoms with van der Waals surface area (Å²) in [4.78, 5) is 20.5. The zero-order chi connectivity index (χ0) is 26.4. The molecule has 1 fully saturated rings. The monoisotopic (exact) mass is 515 g/mol. The fourth-order valence-electron chi connectivity index (χ4n) is 4.70. The van der Waals surface area contributed by atoms with E-state index in [1.165, 1.54) is 24.3 Å². The first-order valence-corrected chi connectivity index (χ1v) is 12.1. The summed E-state index contributed by atoms with van der Waals surface area (Å²) in [6.45, 7) is 2.72. The van der Waals surface area contributed by atoms with E-state index < -0.39 is 17.6 Å². The standard InChI is InChI=1S/C28H23F2N5O3/c1-15-20-7-8-31-24(20)12-23(30)26(15)38-19-5-6-22(29)21(11-19)27-32-25(33-34-27)10-16-3-2-4-18(9-16)35-13-17(14-35)28(36)37/h2-9,11-12,17,31H,10,13-14H2,1H3,(H,36,37)(H,32,33,34). The Labute approximate surface area is 215 Å². The second-order valence-corrected chi connectivity index (χ2v) is 9.39. The molecule has 192 valence electrons. The number of halogens is 2. The van der Waals surface area contributed by atoms with Crippen molar-refractivity contribution in [1.29, 1.82) is 0 Å². The summed E-state index contributed by atoms with van der Waals surface area (Å²) in [6, 6.07) is 15.1. The lowest BCUT2D eigenvalue weighted by molar-refractivity contribution is -0.142. The van der Waals surface area contributed by atoms with Crippen LogP contribution in [0.4, 0.5) is 14.5 Å². The second kappa shape index (κ2) is 9.29. The maximum absolute atomic E-state index is 14.8. The predicted molar refractivity (Wildman–Crippen MR) is 137 cm³/mol. The number of hydrogen-bond acceptors (Lipinski definition) is 5. The topological polar surface area (TPSA) is 107 Å². The minimum absolute atomic E-state index is 0.0714. The molecule has 3 N–H and O–H groups in total. The molecule has 1 aliphatic rings. The van der Waals surface area contributed by atoms with Gasteiger partial charge in [-0.05, 0) is 48.9 Å². The highest BCUT2D eigenvalue weighted by Gasteiger charge is 2.32. The number of anilines is 1. The van der Waals surface area contributed by atoms with E-state index >= 15 is 0 Å². The van der Waals surface area contributed by atoms with Gasteiger partial charge in [-0.2, -0.15) is 5.10 Å². The van der Waals surface area contributed by atoms with Crippen molar-refractivity contribution in [2.24, 2.45) is 5.92 Å². The third kappa shape index (κ3) is 4.34. The average molecular weight is 516 g/mol. The fourth-order valence-corrected chi connectivity index (χ4v) is 4.70. The molecule has 0 saturated carbocycles. The Balaban J connectivity index is 1.21. The van der Waals surface area contributed by atoms with Gasteiger partial charge in [-0.1, -0.05) is 12.1 Å². The van der Waals surface area contributed by atoms with Crippen molar-refractivity contribution in [3.05, 3.63) is 89.4 Å². The molecule has 0 unspecified atom stereocenters. The van der Waals surface area contributed by atoms with E-state index in [0.717, 1.165) is 16.6 Å². The van der Waals surface area contributed by atoms with Crippen LogP contribution in [0.1, 0.15) is 17.0 Å². The Morgan fingerprint density at radius 2 is 1.97 bits per heavy atom. The number of aryl methyl sites for hydroxylation is 1. The van der Waals surface area contributed by atoms with Crippen LogP contribution in [0.25, 0.3) is 22.3 Å². The molecule has 10 heteroatoms. The largest absolute Gasteiger partial charge is 0.481 e. The van der Waals surface area contributed by atoms with E-state index in [-0.39, 0.29) is 28.8 Å². The summed E-state index contributed by atoms with van der Waals surface area (Å²) >= 11 is 0. The molecule has 2 aromatic heterocycles. The Hall–Kier alpha value is -4.73. The number of aromatic nitrogens is 4. The van der Waals surface area contributed by atoms with E-state index in [9.17, 15) is 13.6 Å². The molecule has 0 amide bonds. The van der Waals surface area contributed by atoms with Crippen molar-refractivity contribution >= 4 is 22.6 Å². The van der Waals surface area contributed by atoms with Gasteiger partial charge >= 0.3 is 5.97 Å². The first kappa shape index (κ1) is 23.7. The minimum Gasteiger partial charge on any atom is -0.481 e. The van der Waals surface area contributed by atoms with E-state index in [1.54, 1.807) is 13.1 Å². The summed E-state index contributed by atoms with van der Waals surface area (Å²) in [5, 5.41) is 17.0. The molecule has 0 radical (unpaired) electrons. The van der Waals surface area contributed by atoms with E-state index in [1.807, 2.05) is 35.2 Å². The summed E-state index contributed by atoms with van der Waals surface area (Å²) in [5.74, 6) is -1.17. The highest BCUT2D eigenvalue weighted by Crippen LogP contribution is 2.35. The molecule has 38 heavy (non-hydrogen) atoms. The predicted octanol–water partition coefficient (Wildman–Crippen LogP) is 5.44. The number of hydrogen-bond donors (Lipinski definition) is 3. The van der Waals surface area contributed by atoms with Crippen LogP contribution in [0.2, 0.25) is 0 Å². The van der Waals surface area contributed by atoms with E-state index in [0.29, 0.717) is 36.4 Å². The SMILES string of the molecule is Cc1c(Oc2ccc(F)c(-c3n[nH]c(Cc4cccc(N5CC(C(=O)O)C5)c4)n3)c2)c(F)cc2[nH]ccc12. The number of benzene rings is 3. The van der Waals surface area contributed by atoms with Crippen LogP contribution in [0.15, 0.2) is 60.8 Å². The van der Waals surface area contributed by atoms with Crippen LogP contribution in [0, 0.1) is 24.5 Å². The lowest BCUT2D eigenvalue weighted by atomic mass is 9.99. The van der Waals surface area contributed by atoms with E-state index in [4.69, 9.17) is 9.84 Å². The normalized spacial score (nSPS) is 13.6. The van der Waals surface area contributed by atoms with Gasteiger partial charge in [-0.15, -0.1) is 0 Å². The number of rotatable bonds is 7. The van der Waals surface area contributed by atoms with Crippen molar-refractivity contribution in [3.8, 4) is 22.9 Å². The quantitative estimate of drug-likeness (QED) is 0.266. The Morgan fingerprint density at radius 3 is 2.79 bits per heavy atom. The number of carbonyl (C=O) groups is 1. The average Bonchev–Trinajstić information content (AvgIpc) is 3.51. The highest BCUT2D eigenvalue weighted by molar-refractivity contribution is 5.85. The van der Waals surface area contributed by atoms with Gasteiger partial charge in [0.25, 0.3) is 0 Å². The van der Waals surface area contributed by atoms with Gasteiger partial charge < -0.3 is 19.7 Å². The van der Waals surface area contributed by atoms with Gasteiger partial charge in [-0.3, -0.25) is 9.89 Å². The molecule has 1 saturated heterocycles. The molecule has 8 nitrogen and oxygen atoms in total. The number of aliphatic carboxylic acids is 1. The Morgan fingerprint density at radius 1 is 1.13 bits per heavy atom. The maximum atomic E-state index is 14.8. The number of H-pyrrole nitrogens is 2. The van der Waals surface area contributed by atoms with Crippen LogP contribution in [0.5, 0.6) is 11.5 Å². The molecule has 0 spiro atoms. The summed E-state index contributed by atoms with van der Waals surface area (Å²) in [5.41, 5.74) is 3.31.